The Hall–Kier alpha value is -0.660. The third kappa shape index (κ3) is 1.18. The van der Waals surface area contributed by atoms with Crippen molar-refractivity contribution in [3.63, 3.8) is 0 Å². The van der Waals surface area contributed by atoms with Gasteiger partial charge in [0.05, 0.1) is 7.11 Å². The molecule has 0 aromatic carbocycles. The Balaban J connectivity index is 2.31. The van der Waals surface area contributed by atoms with E-state index in [9.17, 15) is 4.21 Å². The molecule has 6 nitrogen and oxygen atoms in total. The maximum atomic E-state index is 10.0. The highest BCUT2D eigenvalue weighted by Gasteiger charge is 2.30. The second-order valence-electron chi connectivity index (χ2n) is 1.12. The lowest BCUT2D eigenvalue weighted by molar-refractivity contribution is -0.268. The minimum Gasteiger partial charge on any atom is -0.466 e. The normalized spacial score (nSPS) is 19.0. The van der Waals surface area contributed by atoms with E-state index in [1.165, 1.54) is 7.11 Å². The summed E-state index contributed by atoms with van der Waals surface area (Å²) >= 11 is -1.74. The van der Waals surface area contributed by atoms with Crippen LogP contribution in [0.2, 0.25) is 0 Å². The van der Waals surface area contributed by atoms with Crippen molar-refractivity contribution in [3.05, 3.63) is 0 Å². The number of hydroxylamine groups is 2. The van der Waals surface area contributed by atoms with Crippen LogP contribution in [0, 0.1) is 5.41 Å². The number of methoxy groups -OCH3 is 1. The van der Waals surface area contributed by atoms with Crippen molar-refractivity contribution in [3.8, 4) is 0 Å². The Labute approximate surface area is 53.6 Å². The Morgan fingerprint density at radius 1 is 1.78 bits per heavy atom. The van der Waals surface area contributed by atoms with Crippen molar-refractivity contribution in [1.29, 1.82) is 5.41 Å². The zero-order valence-corrected chi connectivity index (χ0v) is 5.30. The van der Waals surface area contributed by atoms with Crippen molar-refractivity contribution in [2.75, 3.05) is 7.11 Å². The van der Waals surface area contributed by atoms with Gasteiger partial charge in [-0.3, -0.25) is 0 Å². The summed E-state index contributed by atoms with van der Waals surface area (Å²) in [5.74, 6) is 0. The van der Waals surface area contributed by atoms with Crippen molar-refractivity contribution in [2.24, 2.45) is 0 Å². The van der Waals surface area contributed by atoms with E-state index in [2.05, 4.69) is 13.3 Å². The van der Waals surface area contributed by atoms with E-state index in [1.807, 2.05) is 0 Å². The second kappa shape index (κ2) is 2.29. The van der Waals surface area contributed by atoms with Crippen LogP contribution in [-0.2, 0) is 24.7 Å². The summed E-state index contributed by atoms with van der Waals surface area (Å²) in [7, 11) is 1.27. The molecule has 0 spiro atoms. The first kappa shape index (κ1) is 6.46. The molecule has 0 saturated carbocycles. The van der Waals surface area contributed by atoms with E-state index in [4.69, 9.17) is 5.41 Å². The molecule has 0 aromatic rings. The third-order valence-corrected chi connectivity index (χ3v) is 1.13. The summed E-state index contributed by atoms with van der Waals surface area (Å²) in [5, 5.41) is 7.41. The highest BCUT2D eigenvalue weighted by molar-refractivity contribution is 7.75. The first-order valence-electron chi connectivity index (χ1n) is 1.95. The SMILES string of the molecule is COC(=N)N1OS(=O)O1. The maximum absolute atomic E-state index is 10.0. The molecule has 0 radical (unpaired) electrons. The van der Waals surface area contributed by atoms with Gasteiger partial charge < -0.3 is 4.74 Å². The molecule has 1 fully saturated rings. The summed E-state index contributed by atoms with van der Waals surface area (Å²) in [6.45, 7) is 0. The van der Waals surface area contributed by atoms with Gasteiger partial charge in [-0.15, -0.1) is 8.57 Å². The fourth-order valence-electron chi connectivity index (χ4n) is 0.258. The number of rotatable bonds is 0. The van der Waals surface area contributed by atoms with Gasteiger partial charge in [0, 0.05) is 0 Å². The fraction of sp³-hybridized carbons (Fsp3) is 0.500. The third-order valence-electron chi connectivity index (χ3n) is 0.616. The number of hydrogen-bond donors (Lipinski definition) is 1. The molecule has 1 saturated heterocycles. The molecular weight excluding hydrogens is 148 g/mol. The number of nitrogens with one attached hydrogen (secondary N) is 1. The Bertz CT molecular complexity index is 151. The molecule has 1 aliphatic heterocycles. The highest BCUT2D eigenvalue weighted by Crippen LogP contribution is 2.11. The van der Waals surface area contributed by atoms with Crippen LogP contribution in [0.3, 0.4) is 0 Å². The van der Waals surface area contributed by atoms with E-state index in [0.717, 1.165) is 0 Å². The van der Waals surface area contributed by atoms with Crippen LogP contribution >= 0.6 is 0 Å². The quantitative estimate of drug-likeness (QED) is 0.368. The van der Waals surface area contributed by atoms with E-state index in [-0.39, 0.29) is 6.02 Å². The first-order chi connectivity index (χ1) is 4.24. The van der Waals surface area contributed by atoms with Gasteiger partial charge >= 0.3 is 17.4 Å². The largest absolute Gasteiger partial charge is 0.466 e. The molecule has 0 aliphatic carbocycles. The van der Waals surface area contributed by atoms with E-state index < -0.39 is 11.4 Å². The molecule has 0 unspecified atom stereocenters. The molecule has 7 heteroatoms. The monoisotopic (exact) mass is 152 g/mol. The van der Waals surface area contributed by atoms with Gasteiger partial charge in [0.1, 0.15) is 0 Å². The molecule has 52 valence electrons. The minimum absolute atomic E-state index is 0.338. The Kier molecular flexibility index (Phi) is 1.65. The summed E-state index contributed by atoms with van der Waals surface area (Å²) < 4.78 is 22.8. The predicted octanol–water partition coefficient (Wildman–Crippen LogP) is -0.675. The molecule has 0 atom stereocenters. The molecule has 9 heavy (non-hydrogen) atoms. The van der Waals surface area contributed by atoms with Crippen LogP contribution in [0.15, 0.2) is 0 Å². The van der Waals surface area contributed by atoms with Crippen LogP contribution in [0.1, 0.15) is 0 Å². The van der Waals surface area contributed by atoms with Gasteiger partial charge in [-0.05, 0) is 5.23 Å². The molecule has 0 bridgehead atoms. The van der Waals surface area contributed by atoms with Crippen LogP contribution in [0.4, 0.5) is 0 Å². The fourth-order valence-corrected chi connectivity index (χ4v) is 0.626. The van der Waals surface area contributed by atoms with Crippen LogP contribution in [0.25, 0.3) is 0 Å². The Morgan fingerprint density at radius 2 is 2.33 bits per heavy atom. The number of nitrogens with zero attached hydrogens (tertiary/aromatic N) is 1. The molecule has 1 N–H and O–H groups in total. The summed E-state index contributed by atoms with van der Waals surface area (Å²) in [5.41, 5.74) is 0. The lowest BCUT2D eigenvalue weighted by atomic mass is 11.2. The van der Waals surface area contributed by atoms with Crippen molar-refractivity contribution >= 4 is 17.4 Å². The smallest absolute Gasteiger partial charge is 0.355 e. The molecule has 0 aromatic heterocycles. The average molecular weight is 152 g/mol. The lowest BCUT2D eigenvalue weighted by Gasteiger charge is -2.24. The summed E-state index contributed by atoms with van der Waals surface area (Å²) in [4.78, 5) is 0. The van der Waals surface area contributed by atoms with Crippen molar-refractivity contribution < 1.29 is 17.5 Å². The average Bonchev–Trinajstić information content (AvgIpc) is 1.79. The number of ether oxygens (including phenoxy) is 1. The van der Waals surface area contributed by atoms with E-state index >= 15 is 0 Å². The topological polar surface area (TPSA) is 71.8 Å². The van der Waals surface area contributed by atoms with Crippen molar-refractivity contribution in [1.82, 2.24) is 5.23 Å². The number of hydrogen-bond acceptors (Lipinski definition) is 5. The standard InChI is InChI=1S/C2H4N2O4S/c1-6-2(3)4-7-9(5)8-4/h3H,1H3. The molecule has 0 amide bonds. The molecule has 1 heterocycles. The maximum Gasteiger partial charge on any atom is 0.355 e. The van der Waals surface area contributed by atoms with Crippen molar-refractivity contribution in [2.45, 2.75) is 0 Å². The van der Waals surface area contributed by atoms with Crippen LogP contribution < -0.4 is 0 Å². The van der Waals surface area contributed by atoms with Gasteiger partial charge in [-0.1, -0.05) is 0 Å². The highest BCUT2D eigenvalue weighted by atomic mass is 32.2. The van der Waals surface area contributed by atoms with Crippen LogP contribution in [0.5, 0.6) is 0 Å². The first-order valence-corrected chi connectivity index (χ1v) is 2.95. The second-order valence-corrected chi connectivity index (χ2v) is 1.83. The van der Waals surface area contributed by atoms with Gasteiger partial charge in [-0.2, -0.15) is 4.21 Å². The zero-order valence-electron chi connectivity index (χ0n) is 4.49. The zero-order chi connectivity index (χ0) is 6.85. The van der Waals surface area contributed by atoms with E-state index in [0.29, 0.717) is 5.23 Å². The predicted molar refractivity (Wildman–Crippen MR) is 26.9 cm³/mol. The van der Waals surface area contributed by atoms with Gasteiger partial charge in [0.15, 0.2) is 0 Å². The molecule has 1 rings (SSSR count). The molecular formula is C2H4N2O4S. The van der Waals surface area contributed by atoms with Gasteiger partial charge in [0.25, 0.3) is 0 Å². The summed E-state index contributed by atoms with van der Waals surface area (Å²) in [6, 6.07) is -0.338. The van der Waals surface area contributed by atoms with Gasteiger partial charge in [-0.25, -0.2) is 5.41 Å². The lowest BCUT2D eigenvalue weighted by Crippen LogP contribution is -2.42. The minimum atomic E-state index is -1.74. The van der Waals surface area contributed by atoms with Gasteiger partial charge in [0.2, 0.25) is 0 Å². The Morgan fingerprint density at radius 3 is 2.67 bits per heavy atom. The van der Waals surface area contributed by atoms with E-state index in [1.54, 1.807) is 0 Å². The van der Waals surface area contributed by atoms with Crippen LogP contribution in [-0.4, -0.2) is 22.6 Å². The molecule has 1 aliphatic rings. The number of amidine groups is 1. The summed E-state index contributed by atoms with van der Waals surface area (Å²) in [6.07, 6.45) is 0.